The van der Waals surface area contributed by atoms with Gasteiger partial charge in [-0.1, -0.05) is 24.3 Å². The van der Waals surface area contributed by atoms with Gasteiger partial charge in [0.05, 0.1) is 5.41 Å². The van der Waals surface area contributed by atoms with Crippen LogP contribution in [0.2, 0.25) is 0 Å². The lowest BCUT2D eigenvalue weighted by Gasteiger charge is -2.37. The second-order valence-corrected chi connectivity index (χ2v) is 6.81. The van der Waals surface area contributed by atoms with E-state index in [1.165, 1.54) is 11.8 Å². The van der Waals surface area contributed by atoms with Crippen LogP contribution >= 0.6 is 0 Å². The third-order valence-electron chi connectivity index (χ3n) is 6.36. The normalized spacial score (nSPS) is 48.0. The summed E-state index contributed by atoms with van der Waals surface area (Å²) >= 11 is 0. The summed E-state index contributed by atoms with van der Waals surface area (Å²) in [5, 5.41) is 0. The predicted octanol–water partition coefficient (Wildman–Crippen LogP) is 1.60. The number of carbonyl (C=O) groups excluding carboxylic acids is 3. The van der Waals surface area contributed by atoms with Gasteiger partial charge < -0.3 is 0 Å². The molecule has 1 aliphatic heterocycles. The van der Waals surface area contributed by atoms with Gasteiger partial charge in [0, 0.05) is 35.8 Å². The zero-order chi connectivity index (χ0) is 14.6. The average molecular weight is 281 g/mol. The zero-order valence-electron chi connectivity index (χ0n) is 11.7. The van der Waals surface area contributed by atoms with E-state index in [9.17, 15) is 14.4 Å². The number of likely N-dealkylation sites (tertiary alicyclic amines) is 1. The minimum absolute atomic E-state index is 0.0966. The fourth-order valence-corrected chi connectivity index (χ4v) is 5.79. The molecule has 5 atom stereocenters. The Labute approximate surface area is 122 Å². The van der Waals surface area contributed by atoms with Crippen LogP contribution in [-0.4, -0.2) is 22.5 Å². The van der Waals surface area contributed by atoms with Crippen molar-refractivity contribution in [1.82, 2.24) is 4.90 Å². The molecule has 0 N–H and O–H groups in total. The maximum absolute atomic E-state index is 13.2. The van der Waals surface area contributed by atoms with Crippen LogP contribution in [0.4, 0.5) is 0 Å². The van der Waals surface area contributed by atoms with Crippen molar-refractivity contribution in [3.8, 4) is 0 Å². The Kier molecular flexibility index (Phi) is 1.73. The predicted molar refractivity (Wildman–Crippen MR) is 73.5 cm³/mol. The minimum atomic E-state index is -0.698. The highest BCUT2D eigenvalue weighted by Crippen LogP contribution is 2.85. The van der Waals surface area contributed by atoms with Crippen molar-refractivity contribution in [2.45, 2.75) is 19.8 Å². The standard InChI is InChI=1S/C17H15NO3/c1-9(19)18-12-7-4-6-10-13-14(20)11-5-2-3-8-16(11,15(18)21)17(10,12)13/h2-4,6-7,10-11,13H,5,8H2,1H3/t10-,11-,13+,16-,17-/m1/s1. The number of fused-ring (bicyclic) bond motifs is 1. The van der Waals surface area contributed by atoms with Crippen molar-refractivity contribution in [2.75, 3.05) is 0 Å². The Bertz CT molecular complexity index is 730. The van der Waals surface area contributed by atoms with E-state index >= 15 is 0 Å². The number of hydrogen-bond donors (Lipinski definition) is 0. The molecule has 1 saturated heterocycles. The van der Waals surface area contributed by atoms with E-state index in [0.29, 0.717) is 12.8 Å². The van der Waals surface area contributed by atoms with E-state index in [1.54, 1.807) is 0 Å². The molecule has 2 saturated carbocycles. The summed E-state index contributed by atoms with van der Waals surface area (Å²) in [5.74, 6) is -0.363. The first kappa shape index (κ1) is 11.7. The van der Waals surface area contributed by atoms with E-state index < -0.39 is 10.8 Å². The van der Waals surface area contributed by atoms with Gasteiger partial charge in [0.15, 0.2) is 0 Å². The highest BCUT2D eigenvalue weighted by molar-refractivity contribution is 6.12. The summed E-state index contributed by atoms with van der Waals surface area (Å²) in [6.07, 6.45) is 11.1. The summed E-state index contributed by atoms with van der Waals surface area (Å²) in [6.45, 7) is 1.44. The number of amides is 2. The van der Waals surface area contributed by atoms with Gasteiger partial charge in [0.2, 0.25) is 11.8 Å². The lowest BCUT2D eigenvalue weighted by molar-refractivity contribution is -0.148. The van der Waals surface area contributed by atoms with Crippen LogP contribution in [0.1, 0.15) is 19.8 Å². The molecule has 0 radical (unpaired) electrons. The first-order chi connectivity index (χ1) is 10.1. The number of ketones is 1. The third-order valence-corrected chi connectivity index (χ3v) is 6.36. The summed E-state index contributed by atoms with van der Waals surface area (Å²) in [7, 11) is 0. The molecular formula is C17H15NO3. The van der Waals surface area contributed by atoms with Gasteiger partial charge >= 0.3 is 0 Å². The van der Waals surface area contributed by atoms with E-state index in [0.717, 1.165) is 5.70 Å². The second kappa shape index (κ2) is 3.11. The number of allylic oxidation sites excluding steroid dienone is 6. The van der Waals surface area contributed by atoms with Crippen molar-refractivity contribution in [3.05, 3.63) is 36.1 Å². The lowest BCUT2D eigenvalue weighted by atomic mass is 9.61. The minimum Gasteiger partial charge on any atom is -0.299 e. The first-order valence-electron chi connectivity index (χ1n) is 7.51. The molecular weight excluding hydrogens is 266 g/mol. The van der Waals surface area contributed by atoms with Crippen molar-refractivity contribution in [3.63, 3.8) is 0 Å². The Balaban J connectivity index is 1.84. The number of nitrogens with zero attached hydrogens (tertiary/aromatic N) is 1. The van der Waals surface area contributed by atoms with Crippen LogP contribution in [0.15, 0.2) is 36.1 Å². The van der Waals surface area contributed by atoms with Crippen molar-refractivity contribution < 1.29 is 14.4 Å². The largest absolute Gasteiger partial charge is 0.299 e. The molecule has 2 spiro atoms. The lowest BCUT2D eigenvalue weighted by Crippen LogP contribution is -2.45. The van der Waals surface area contributed by atoms with Crippen LogP contribution < -0.4 is 0 Å². The number of rotatable bonds is 0. The molecule has 0 aromatic carbocycles. The average Bonchev–Trinajstić information content (AvgIpc) is 3.04. The van der Waals surface area contributed by atoms with Crippen LogP contribution in [0, 0.1) is 28.6 Å². The number of Topliss-reactive ketones (excluding diaryl/α,β-unsaturated/α-hetero) is 1. The van der Waals surface area contributed by atoms with Crippen molar-refractivity contribution >= 4 is 17.6 Å². The molecule has 4 heteroatoms. The molecule has 4 aliphatic carbocycles. The van der Waals surface area contributed by atoms with E-state index in [4.69, 9.17) is 0 Å². The fourth-order valence-electron chi connectivity index (χ4n) is 5.79. The molecule has 5 rings (SSSR count). The zero-order valence-corrected chi connectivity index (χ0v) is 11.7. The molecule has 3 fully saturated rings. The summed E-state index contributed by atoms with van der Waals surface area (Å²) in [4.78, 5) is 39.3. The second-order valence-electron chi connectivity index (χ2n) is 6.81. The molecule has 0 aromatic rings. The molecule has 0 bridgehead atoms. The van der Waals surface area contributed by atoms with E-state index in [-0.39, 0.29) is 35.4 Å². The van der Waals surface area contributed by atoms with Crippen LogP contribution in [0.5, 0.6) is 0 Å². The van der Waals surface area contributed by atoms with E-state index in [1.807, 2.05) is 24.3 Å². The highest BCUT2D eigenvalue weighted by atomic mass is 16.2. The van der Waals surface area contributed by atoms with Gasteiger partial charge in [0.25, 0.3) is 0 Å². The van der Waals surface area contributed by atoms with Crippen LogP contribution in [0.25, 0.3) is 0 Å². The Morgan fingerprint density at radius 1 is 1.33 bits per heavy atom. The molecule has 4 nitrogen and oxygen atoms in total. The maximum Gasteiger partial charge on any atom is 0.241 e. The van der Waals surface area contributed by atoms with Gasteiger partial charge in [0.1, 0.15) is 5.78 Å². The topological polar surface area (TPSA) is 54.5 Å². The Morgan fingerprint density at radius 2 is 2.14 bits per heavy atom. The summed E-state index contributed by atoms with van der Waals surface area (Å²) in [6, 6.07) is 0. The molecule has 2 amide bonds. The van der Waals surface area contributed by atoms with Crippen molar-refractivity contribution in [2.24, 2.45) is 28.6 Å². The number of carbonyl (C=O) groups is 3. The molecule has 5 aliphatic rings. The fraction of sp³-hybridized carbons (Fsp3) is 0.471. The van der Waals surface area contributed by atoms with Gasteiger partial charge in [-0.2, -0.15) is 0 Å². The van der Waals surface area contributed by atoms with Gasteiger partial charge in [-0.3, -0.25) is 19.3 Å². The monoisotopic (exact) mass is 281 g/mol. The molecule has 0 unspecified atom stereocenters. The van der Waals surface area contributed by atoms with Gasteiger partial charge in [-0.15, -0.1) is 0 Å². The van der Waals surface area contributed by atoms with Gasteiger partial charge in [-0.25, -0.2) is 0 Å². The highest BCUT2D eigenvalue weighted by Gasteiger charge is 2.90. The first-order valence-corrected chi connectivity index (χ1v) is 7.51. The molecule has 1 heterocycles. The molecule has 0 aromatic heterocycles. The smallest absolute Gasteiger partial charge is 0.241 e. The summed E-state index contributed by atoms with van der Waals surface area (Å²) < 4.78 is 0. The summed E-state index contributed by atoms with van der Waals surface area (Å²) in [5.41, 5.74) is -0.336. The Hall–Kier alpha value is -1.97. The van der Waals surface area contributed by atoms with Crippen molar-refractivity contribution in [1.29, 1.82) is 0 Å². The third kappa shape index (κ3) is 0.869. The molecule has 21 heavy (non-hydrogen) atoms. The van der Waals surface area contributed by atoms with Gasteiger partial charge in [-0.05, 0) is 18.9 Å². The quantitative estimate of drug-likeness (QED) is 0.634. The van der Waals surface area contributed by atoms with E-state index in [2.05, 4.69) is 6.08 Å². The molecule has 106 valence electrons. The maximum atomic E-state index is 13.2. The van der Waals surface area contributed by atoms with Crippen LogP contribution in [0.3, 0.4) is 0 Å². The Morgan fingerprint density at radius 3 is 2.90 bits per heavy atom. The number of imide groups is 1. The SMILES string of the molecule is CC(=O)N1C(=O)[C@@]23CC=CC[C@@H]2C(=O)[C@@H]2[C@H]4C=CC=C1[C@]423. The van der Waals surface area contributed by atoms with Crippen LogP contribution in [-0.2, 0) is 14.4 Å². The number of hydrogen-bond acceptors (Lipinski definition) is 3.